The monoisotopic (exact) mass is 1870 g/mol. The van der Waals surface area contributed by atoms with E-state index >= 15 is 4.39 Å². The van der Waals surface area contributed by atoms with Crippen molar-refractivity contribution in [2.24, 2.45) is 33.7 Å². The van der Waals surface area contributed by atoms with E-state index in [0.29, 0.717) is 135 Å². The number of aromatic nitrogens is 26. The lowest BCUT2D eigenvalue weighted by atomic mass is 9.98. The molecule has 12 atom stereocenters. The Bertz CT molecular complexity index is 7570. The van der Waals surface area contributed by atoms with Gasteiger partial charge in [0.25, 0.3) is 22.2 Å². The number of amides is 1. The van der Waals surface area contributed by atoms with Crippen molar-refractivity contribution >= 4 is 110 Å². The van der Waals surface area contributed by atoms with Gasteiger partial charge in [-0.15, -0.1) is 32.0 Å². The Morgan fingerprint density at radius 3 is 1.16 bits per heavy atom. The van der Waals surface area contributed by atoms with Crippen LogP contribution in [-0.2, 0) is 14.3 Å². The minimum atomic E-state index is -0.995. The third-order valence-corrected chi connectivity index (χ3v) is 25.8. The molecule has 39 nitrogen and oxygen atoms in total. The fraction of sp³-hybridized carbons (Fsp3) is 0.267. The fourth-order valence-corrected chi connectivity index (χ4v) is 19.5. The summed E-state index contributed by atoms with van der Waals surface area (Å²) in [5.41, 5.74) is 14.4. The maximum atomic E-state index is 15.1. The number of ketones is 1. The standard InChI is InChI=1S/C29H25ClFN9O3.C24H17ClFN9O.C17H12Cl2N6O2.C16H11ClN6O3/c1-29(2,3)43-28(42)36-23-7-5-16(26(31)35-23)14-8-21(32-12-14)25-17-10-18(17)27-34-20(11-24(41)40(25)27)19-9-15(30)4-6-22(19)39-13-33-37-38-39;25-12-1-3-19(34-10-29-32-33-34)16(6-12)17-8-21(36)35-22(14-7-15(14)24(35)30-17)18-5-11(9-28-18)13-2-4-20(27)31-23(13)26;18-6-14(26)16-9-4-10(9)17-21-12(5-15(27)25(16)17)11-3-8(19)1-2-13(11)24-7-20-22-23-24;17-7-1-2-12(22-6-18-20-21-22)10(3-7)11-5-13(24)23-14(16(25)26)8-4-9(8)15(23)19-11/h4-7,9,11-13,17-18,25H,8,10H2,1-3H3,(H,35,36,42);1-4,6,8-10,14-15,22H,5,7H2,(H2,27,31);1-3,5,7,9-10,16H,4,6H2;1-3,5-6,8-9,14H,4H2,(H,25,26)/t17-,18+,25-;14-,15+,22-;9-,10+,16-;8-,9+,14-/m0000/s1. The molecule has 14 aromatic rings. The van der Waals surface area contributed by atoms with E-state index in [-0.39, 0.29) is 111 Å². The zero-order chi connectivity index (χ0) is 91.3. The number of nitrogens with zero attached hydrogens (tertiary/aromatic N) is 28. The highest BCUT2D eigenvalue weighted by Gasteiger charge is 2.60. The number of fused-ring (bicyclic) bond motifs is 12. The number of nitrogens with one attached hydrogen (secondary N) is 1. The van der Waals surface area contributed by atoms with Crippen molar-refractivity contribution < 1.29 is 33.0 Å². The van der Waals surface area contributed by atoms with E-state index in [1.807, 2.05) is 0 Å². The number of hydrogen-bond acceptors (Lipinski definition) is 29. The molecule has 4 aliphatic carbocycles. The largest absolute Gasteiger partial charge is 0.480 e. The molecular weight excluding hydrogens is 1810 g/mol. The summed E-state index contributed by atoms with van der Waals surface area (Å²) < 4.78 is 46.8. The number of allylic oxidation sites excluding steroid dienone is 2. The van der Waals surface area contributed by atoms with Crippen molar-refractivity contribution in [3.8, 4) is 67.8 Å². The summed E-state index contributed by atoms with van der Waals surface area (Å²) in [5.74, 6) is 1.02. The number of halogens is 7. The molecular formula is C86H65Cl5F2N30O9. The molecule has 10 aliphatic rings. The van der Waals surface area contributed by atoms with Gasteiger partial charge in [-0.3, -0.25) is 57.5 Å². The van der Waals surface area contributed by atoms with Gasteiger partial charge in [-0.05, 0) is 214 Å². The van der Waals surface area contributed by atoms with Crippen LogP contribution >= 0.6 is 58.0 Å². The number of hydrogen-bond donors (Lipinski definition) is 3. The number of nitrogen functional groups attached to an aromatic ring is 1. The number of carboxylic acids is 1. The van der Waals surface area contributed by atoms with E-state index in [9.17, 15) is 43.1 Å². The number of nitrogens with two attached hydrogens (primary N) is 1. The number of anilines is 2. The molecule has 24 rings (SSSR count). The predicted octanol–water partition coefficient (Wildman–Crippen LogP) is 11.5. The van der Waals surface area contributed by atoms with Crippen LogP contribution in [-0.4, -0.2) is 175 Å². The average Bonchev–Trinajstić information content (AvgIpc) is 1.55. The number of rotatable bonds is 16. The van der Waals surface area contributed by atoms with Crippen LogP contribution in [0.15, 0.2) is 188 Å². The Hall–Kier alpha value is -14.7. The average molecular weight is 1880 g/mol. The fourth-order valence-electron chi connectivity index (χ4n) is 18.7. The molecule has 4 fully saturated rings. The van der Waals surface area contributed by atoms with Crippen molar-refractivity contribution in [2.45, 2.75) is 113 Å². The summed E-state index contributed by atoms with van der Waals surface area (Å²) in [4.78, 5) is 124. The Kier molecular flexibility index (Phi) is 20.9. The lowest BCUT2D eigenvalue weighted by Crippen LogP contribution is -2.31. The number of carboxylic acid groups (broad SMARTS) is 1. The van der Waals surface area contributed by atoms with Crippen molar-refractivity contribution in [3.63, 3.8) is 0 Å². The van der Waals surface area contributed by atoms with E-state index in [0.717, 1.165) is 42.9 Å². The molecule has 46 heteroatoms. The summed E-state index contributed by atoms with van der Waals surface area (Å²) in [6.45, 7) is 5.20. The molecule has 4 aromatic carbocycles. The number of carbonyl (C=O) groups is 3. The Morgan fingerprint density at radius 1 is 0.455 bits per heavy atom. The van der Waals surface area contributed by atoms with E-state index in [4.69, 9.17) is 83.4 Å². The third-order valence-electron chi connectivity index (χ3n) is 24.6. The predicted molar refractivity (Wildman–Crippen MR) is 472 cm³/mol. The zero-order valence-corrected chi connectivity index (χ0v) is 72.6. The number of tetrazole rings is 4. The van der Waals surface area contributed by atoms with Gasteiger partial charge in [0.05, 0.1) is 63.5 Å². The topological polar surface area (TPSA) is 483 Å². The molecule has 132 heavy (non-hydrogen) atoms. The van der Waals surface area contributed by atoms with Gasteiger partial charge in [0.1, 0.15) is 77.9 Å². The first-order valence-corrected chi connectivity index (χ1v) is 43.3. The first-order chi connectivity index (χ1) is 63.6. The van der Waals surface area contributed by atoms with Crippen molar-refractivity contribution in [1.29, 1.82) is 0 Å². The maximum absolute atomic E-state index is 15.1. The van der Waals surface area contributed by atoms with Crippen LogP contribution in [0.5, 0.6) is 0 Å². The van der Waals surface area contributed by atoms with Crippen molar-refractivity contribution in [3.05, 3.63) is 267 Å². The quantitative estimate of drug-likeness (QED) is 0.0597. The Labute approximate surface area is 765 Å². The third kappa shape index (κ3) is 15.5. The molecule has 16 heterocycles. The van der Waals surface area contributed by atoms with Crippen molar-refractivity contribution in [2.75, 3.05) is 16.9 Å². The maximum Gasteiger partial charge on any atom is 0.413 e. The number of aliphatic carboxylic acids is 1. The van der Waals surface area contributed by atoms with Crippen LogP contribution in [0.1, 0.15) is 142 Å². The van der Waals surface area contributed by atoms with Crippen LogP contribution in [0.2, 0.25) is 20.1 Å². The number of alkyl halides is 1. The molecule has 0 spiro atoms. The second-order valence-corrected chi connectivity index (χ2v) is 35.9. The number of Topliss-reactive ketones (excluding diaryl/α,β-unsaturated/α-hetero) is 1. The van der Waals surface area contributed by atoms with Gasteiger partial charge < -0.3 is 15.6 Å². The summed E-state index contributed by atoms with van der Waals surface area (Å²) in [7, 11) is 0. The Morgan fingerprint density at radius 2 is 0.803 bits per heavy atom. The second kappa shape index (κ2) is 32.8. The highest BCUT2D eigenvalue weighted by molar-refractivity contribution is 6.32. The van der Waals surface area contributed by atoms with Gasteiger partial charge >= 0.3 is 12.1 Å². The molecule has 10 aromatic heterocycles. The van der Waals surface area contributed by atoms with Gasteiger partial charge in [0.2, 0.25) is 11.9 Å². The number of ether oxygens (including phenoxy) is 1. The summed E-state index contributed by atoms with van der Waals surface area (Å²) in [6.07, 6.45) is 12.5. The summed E-state index contributed by atoms with van der Waals surface area (Å²) in [6, 6.07) is 31.0. The van der Waals surface area contributed by atoms with E-state index in [1.165, 1.54) is 83.5 Å². The van der Waals surface area contributed by atoms with E-state index < -0.39 is 41.6 Å². The van der Waals surface area contributed by atoms with E-state index in [1.54, 1.807) is 133 Å². The molecule has 6 aliphatic heterocycles. The first kappa shape index (κ1) is 84.2. The lowest BCUT2D eigenvalue weighted by molar-refractivity contribution is -0.141. The SMILES string of the molecule is CC(C)(C)OC(=O)Nc1ccc(C2=CN=C([C@@H]3[C@H]4C[C@H]4c4nc(-c5cc(Cl)ccc5-n5cnnn5)cc(=O)n43)C2)c(F)n1.Nc1ccc(C2=CN=C([C@@H]3[C@H]4C[C@H]4c4nc(-c5cc(Cl)ccc5-n5cnnn5)cc(=O)n43)C2)c(F)n1.O=C(CCl)[C@@H]1[C@H]2C[C@H]2c2nc(-c3cc(Cl)ccc3-n3cnnn3)cc(=O)n21.O=C(O)[C@@H]1[C@H]2C[C@H]2c2nc(-c3cc(Cl)ccc3-n3cnnn3)cc(=O)n21. The molecule has 0 saturated heterocycles. The summed E-state index contributed by atoms with van der Waals surface area (Å²) in [5, 5.41) is 59.0. The van der Waals surface area contributed by atoms with Gasteiger partial charge in [0, 0.05) is 144 Å². The van der Waals surface area contributed by atoms with Gasteiger partial charge in [-0.25, -0.2) is 39.5 Å². The van der Waals surface area contributed by atoms with Gasteiger partial charge in [0.15, 0.2) is 5.78 Å². The minimum Gasteiger partial charge on any atom is -0.480 e. The molecule has 4 N–H and O–H groups in total. The van der Waals surface area contributed by atoms with Gasteiger partial charge in [-0.1, -0.05) is 46.4 Å². The zero-order valence-electron chi connectivity index (χ0n) is 68.8. The number of pyridine rings is 2. The van der Waals surface area contributed by atoms with Crippen molar-refractivity contribution in [1.82, 2.24) is 129 Å². The molecule has 0 radical (unpaired) electrons. The molecule has 662 valence electrons. The number of carbonyl (C=O) groups excluding carboxylic acids is 2. The van der Waals surface area contributed by atoms with E-state index in [2.05, 4.69) is 92.4 Å². The second-order valence-electron chi connectivity index (χ2n) is 33.9. The van der Waals surface area contributed by atoms with Crippen LogP contribution in [0.3, 0.4) is 0 Å². The number of benzene rings is 4. The lowest BCUT2D eigenvalue weighted by Gasteiger charge is -2.20. The van der Waals surface area contributed by atoms with Crippen LogP contribution in [0.25, 0.3) is 78.9 Å². The first-order valence-electron chi connectivity index (χ1n) is 41.2. The molecule has 0 unspecified atom stereocenters. The highest BCUT2D eigenvalue weighted by Crippen LogP contribution is 2.63. The Balaban J connectivity index is 0.000000108. The van der Waals surface area contributed by atoms with Crippen LogP contribution in [0, 0.1) is 35.6 Å². The molecule has 0 bridgehead atoms. The number of aliphatic imine (C=N–C) groups is 2. The van der Waals surface area contributed by atoms with Crippen LogP contribution < -0.4 is 33.3 Å². The summed E-state index contributed by atoms with van der Waals surface area (Å²) >= 11 is 30.6. The molecule has 4 saturated carbocycles. The smallest absolute Gasteiger partial charge is 0.413 e. The highest BCUT2D eigenvalue weighted by atomic mass is 35.5. The molecule has 1 amide bonds. The minimum absolute atomic E-state index is 0.0134. The normalized spacial score (nSPS) is 21.6. The van der Waals surface area contributed by atoms with Crippen LogP contribution in [0.4, 0.5) is 25.2 Å². The van der Waals surface area contributed by atoms with Gasteiger partial charge in [-0.2, -0.15) is 27.5 Å².